The van der Waals surface area contributed by atoms with Crippen LogP contribution >= 0.6 is 0 Å². The molecule has 0 saturated carbocycles. The van der Waals surface area contributed by atoms with Crippen LogP contribution in [0.4, 0.5) is 17.6 Å². The molecule has 0 saturated heterocycles. The van der Waals surface area contributed by atoms with E-state index in [1.807, 2.05) is 0 Å². The first-order chi connectivity index (χ1) is 16.2. The second-order valence-corrected chi connectivity index (χ2v) is 7.66. The number of hydrogen-bond acceptors (Lipinski definition) is 6. The summed E-state index contributed by atoms with van der Waals surface area (Å²) in [4.78, 5) is 21.2. The highest BCUT2D eigenvalue weighted by Crippen LogP contribution is 2.36. The molecule has 8 nitrogen and oxygen atoms in total. The van der Waals surface area contributed by atoms with Gasteiger partial charge in [0, 0.05) is 17.7 Å². The van der Waals surface area contributed by atoms with Crippen LogP contribution in [-0.4, -0.2) is 42.5 Å². The SMILES string of the molecule is CC(n1cnc2cc(OCC(F)F)ccc2c1=O)C(O)(Cn1cncn1)c1ccc(F)cc1F. The molecule has 0 spiro atoms. The van der Waals surface area contributed by atoms with Crippen molar-refractivity contribution in [1.82, 2.24) is 24.3 Å². The summed E-state index contributed by atoms with van der Waals surface area (Å²) >= 11 is 0. The molecule has 2 heterocycles. The summed E-state index contributed by atoms with van der Waals surface area (Å²) < 4.78 is 60.4. The molecular weight excluding hydrogens is 458 g/mol. The van der Waals surface area contributed by atoms with Gasteiger partial charge in [-0.15, -0.1) is 0 Å². The predicted molar refractivity (Wildman–Crippen MR) is 112 cm³/mol. The monoisotopic (exact) mass is 477 g/mol. The lowest BCUT2D eigenvalue weighted by atomic mass is 9.86. The highest BCUT2D eigenvalue weighted by Gasteiger charge is 2.41. The molecule has 34 heavy (non-hydrogen) atoms. The number of ether oxygens (including phenoxy) is 1. The minimum atomic E-state index is -2.66. The van der Waals surface area contributed by atoms with E-state index in [4.69, 9.17) is 4.74 Å². The molecule has 0 aliphatic heterocycles. The van der Waals surface area contributed by atoms with Gasteiger partial charge >= 0.3 is 0 Å². The third kappa shape index (κ3) is 4.49. The van der Waals surface area contributed by atoms with Crippen molar-refractivity contribution in [2.75, 3.05) is 6.61 Å². The number of fused-ring (bicyclic) bond motifs is 1. The minimum Gasteiger partial charge on any atom is -0.488 e. The Morgan fingerprint density at radius 2 is 1.94 bits per heavy atom. The molecule has 0 amide bonds. The second kappa shape index (κ2) is 9.21. The van der Waals surface area contributed by atoms with Crippen molar-refractivity contribution in [1.29, 1.82) is 0 Å². The normalized spacial score (nSPS) is 14.3. The van der Waals surface area contributed by atoms with Crippen LogP contribution < -0.4 is 10.3 Å². The van der Waals surface area contributed by atoms with Crippen LogP contribution in [0.15, 0.2) is 60.2 Å². The van der Waals surface area contributed by atoms with Gasteiger partial charge in [0.05, 0.1) is 29.8 Å². The maximum Gasteiger partial charge on any atom is 0.272 e. The summed E-state index contributed by atoms with van der Waals surface area (Å²) in [7, 11) is 0. The third-order valence-electron chi connectivity index (χ3n) is 5.51. The summed E-state index contributed by atoms with van der Waals surface area (Å²) in [6.45, 7) is 0.370. The van der Waals surface area contributed by atoms with Crippen molar-refractivity contribution in [3.05, 3.63) is 82.9 Å². The number of alkyl halides is 2. The van der Waals surface area contributed by atoms with Gasteiger partial charge in [-0.05, 0) is 25.1 Å². The van der Waals surface area contributed by atoms with Gasteiger partial charge in [0.2, 0.25) is 0 Å². The van der Waals surface area contributed by atoms with Gasteiger partial charge in [0.25, 0.3) is 12.0 Å². The molecule has 2 unspecified atom stereocenters. The van der Waals surface area contributed by atoms with E-state index in [2.05, 4.69) is 15.1 Å². The fraction of sp³-hybridized carbons (Fsp3) is 0.273. The highest BCUT2D eigenvalue weighted by molar-refractivity contribution is 5.78. The van der Waals surface area contributed by atoms with Crippen molar-refractivity contribution in [3.63, 3.8) is 0 Å². The molecule has 2 aromatic carbocycles. The maximum atomic E-state index is 14.8. The van der Waals surface area contributed by atoms with Gasteiger partial charge in [0.1, 0.15) is 42.2 Å². The van der Waals surface area contributed by atoms with E-state index >= 15 is 0 Å². The van der Waals surface area contributed by atoms with E-state index in [0.29, 0.717) is 6.07 Å². The Labute approximate surface area is 190 Å². The van der Waals surface area contributed by atoms with Crippen LogP contribution in [0.3, 0.4) is 0 Å². The number of aliphatic hydroxyl groups is 1. The van der Waals surface area contributed by atoms with Crippen molar-refractivity contribution in [3.8, 4) is 5.75 Å². The van der Waals surface area contributed by atoms with E-state index in [-0.39, 0.29) is 28.8 Å². The van der Waals surface area contributed by atoms with Crippen LogP contribution in [0.25, 0.3) is 10.9 Å². The van der Waals surface area contributed by atoms with Crippen LogP contribution in [0, 0.1) is 11.6 Å². The van der Waals surface area contributed by atoms with E-state index in [1.165, 1.54) is 42.5 Å². The first kappa shape index (κ1) is 23.4. The average Bonchev–Trinajstić information content (AvgIpc) is 3.30. The molecule has 2 atom stereocenters. The van der Waals surface area contributed by atoms with Crippen molar-refractivity contribution >= 4 is 10.9 Å². The lowest BCUT2D eigenvalue weighted by Gasteiger charge is -2.35. The smallest absolute Gasteiger partial charge is 0.272 e. The Bertz CT molecular complexity index is 1360. The molecule has 0 radical (unpaired) electrons. The fourth-order valence-corrected chi connectivity index (χ4v) is 3.71. The first-order valence-electron chi connectivity index (χ1n) is 10.1. The molecule has 0 aliphatic carbocycles. The minimum absolute atomic E-state index is 0.113. The molecule has 4 rings (SSSR count). The number of benzene rings is 2. The molecule has 0 bridgehead atoms. The number of aromatic nitrogens is 5. The molecule has 12 heteroatoms. The van der Waals surface area contributed by atoms with Gasteiger partial charge in [-0.1, -0.05) is 6.07 Å². The number of halogens is 4. The molecular formula is C22H19F4N5O3. The summed E-state index contributed by atoms with van der Waals surface area (Å²) in [6, 6.07) is 5.69. The summed E-state index contributed by atoms with van der Waals surface area (Å²) in [5, 5.41) is 15.7. The zero-order valence-corrected chi connectivity index (χ0v) is 17.8. The average molecular weight is 477 g/mol. The van der Waals surface area contributed by atoms with E-state index in [9.17, 15) is 27.5 Å². The zero-order chi connectivity index (χ0) is 24.5. The second-order valence-electron chi connectivity index (χ2n) is 7.66. The Morgan fingerprint density at radius 3 is 2.62 bits per heavy atom. The Kier molecular flexibility index (Phi) is 6.33. The highest BCUT2D eigenvalue weighted by atomic mass is 19.3. The molecule has 4 aromatic rings. The van der Waals surface area contributed by atoms with Crippen molar-refractivity contribution in [2.24, 2.45) is 0 Å². The number of rotatable bonds is 8. The quantitative estimate of drug-likeness (QED) is 0.392. The zero-order valence-electron chi connectivity index (χ0n) is 17.8. The Morgan fingerprint density at radius 1 is 1.15 bits per heavy atom. The van der Waals surface area contributed by atoms with Crippen molar-refractivity contribution in [2.45, 2.75) is 31.5 Å². The topological polar surface area (TPSA) is 95.1 Å². The summed E-state index contributed by atoms with van der Waals surface area (Å²) in [5.74, 6) is -1.72. The van der Waals surface area contributed by atoms with Gasteiger partial charge in [-0.2, -0.15) is 5.10 Å². The number of nitrogens with zero attached hydrogens (tertiary/aromatic N) is 5. The predicted octanol–water partition coefficient (Wildman–Crippen LogP) is 3.06. The summed E-state index contributed by atoms with van der Waals surface area (Å²) in [5.41, 5.74) is -2.70. The lowest BCUT2D eigenvalue weighted by molar-refractivity contribution is -0.0343. The largest absolute Gasteiger partial charge is 0.488 e. The van der Waals surface area contributed by atoms with Gasteiger partial charge in [-0.25, -0.2) is 32.2 Å². The first-order valence-corrected chi connectivity index (χ1v) is 10.1. The summed E-state index contributed by atoms with van der Waals surface area (Å²) in [6.07, 6.45) is 1.03. The number of hydrogen-bond donors (Lipinski definition) is 1. The van der Waals surface area contributed by atoms with E-state index in [0.717, 1.165) is 23.0 Å². The Balaban J connectivity index is 1.78. The van der Waals surface area contributed by atoms with Gasteiger partial charge in [0.15, 0.2) is 0 Å². The van der Waals surface area contributed by atoms with Crippen LogP contribution in [0.2, 0.25) is 0 Å². The van der Waals surface area contributed by atoms with Gasteiger partial charge in [-0.3, -0.25) is 9.36 Å². The Hall–Kier alpha value is -3.80. The van der Waals surface area contributed by atoms with Crippen molar-refractivity contribution < 1.29 is 27.4 Å². The molecule has 0 aliphatic rings. The van der Waals surface area contributed by atoms with E-state index in [1.54, 1.807) is 0 Å². The molecule has 1 N–H and O–H groups in total. The van der Waals surface area contributed by atoms with Crippen LogP contribution in [0.5, 0.6) is 5.75 Å². The molecule has 0 fully saturated rings. The van der Waals surface area contributed by atoms with Gasteiger partial charge < -0.3 is 9.84 Å². The molecule has 2 aromatic heterocycles. The van der Waals surface area contributed by atoms with Crippen LogP contribution in [-0.2, 0) is 12.1 Å². The standard InChI is InChI=1S/C22H19F4N5O3/c1-13(22(33,9-30-11-27-10-29-30)17-5-2-14(23)6-18(17)24)31-12-28-19-7-15(34-8-20(25)26)3-4-16(19)21(31)32/h2-7,10-13,20,33H,8-9H2,1H3. The third-order valence-corrected chi connectivity index (χ3v) is 5.51. The fourth-order valence-electron chi connectivity index (χ4n) is 3.71. The van der Waals surface area contributed by atoms with E-state index < -0.39 is 41.9 Å². The lowest BCUT2D eigenvalue weighted by Crippen LogP contribution is -2.43. The maximum absolute atomic E-state index is 14.8. The molecule has 178 valence electrons. The van der Waals surface area contributed by atoms with Crippen LogP contribution in [0.1, 0.15) is 18.5 Å².